The first-order valence-electron chi connectivity index (χ1n) is 11.5. The van der Waals surface area contributed by atoms with E-state index >= 15 is 0 Å². The van der Waals surface area contributed by atoms with Gasteiger partial charge in [0.2, 0.25) is 0 Å². The third-order valence-corrected chi connectivity index (χ3v) is 6.44. The van der Waals surface area contributed by atoms with Gasteiger partial charge in [-0.25, -0.2) is 0 Å². The number of nitrogens with zero attached hydrogens (tertiary/aromatic N) is 3. The molecule has 1 aliphatic heterocycles. The molecule has 0 bridgehead atoms. The van der Waals surface area contributed by atoms with Crippen LogP contribution in [0.15, 0.2) is 65.6 Å². The Morgan fingerprint density at radius 3 is 2.56 bits per heavy atom. The van der Waals surface area contributed by atoms with Crippen molar-refractivity contribution in [2.75, 3.05) is 6.54 Å². The number of carbonyl (C=O) groups excluding carboxylic acids is 1. The van der Waals surface area contributed by atoms with Crippen LogP contribution in [0.4, 0.5) is 0 Å². The minimum Gasteiger partial charge on any atom is -0.342 e. The Morgan fingerprint density at radius 2 is 1.84 bits per heavy atom. The summed E-state index contributed by atoms with van der Waals surface area (Å²) in [5, 5.41) is 0. The van der Waals surface area contributed by atoms with Crippen LogP contribution in [0.3, 0.4) is 0 Å². The van der Waals surface area contributed by atoms with E-state index in [4.69, 9.17) is 0 Å². The number of carbonyl (C=O) groups is 1. The van der Waals surface area contributed by atoms with Gasteiger partial charge >= 0.3 is 0 Å². The fraction of sp³-hybridized carbons (Fsp3) is 0.370. The van der Waals surface area contributed by atoms with Gasteiger partial charge in [0.25, 0.3) is 5.91 Å². The molecule has 1 fully saturated rings. The molecule has 4 rings (SSSR count). The lowest BCUT2D eigenvalue weighted by Crippen LogP contribution is -2.44. The van der Waals surface area contributed by atoms with Crippen LogP contribution in [0, 0.1) is 6.92 Å². The molecule has 32 heavy (non-hydrogen) atoms. The molecule has 1 aromatic carbocycles. The highest BCUT2D eigenvalue weighted by Gasteiger charge is 2.29. The molecule has 0 aliphatic carbocycles. The minimum atomic E-state index is -0.175. The van der Waals surface area contributed by atoms with Crippen LogP contribution in [0.5, 0.6) is 0 Å². The standard InChI is InChI=1S/C27H31N3O2/c1-20-10-7-9-17-29(20)27(32)26-24(15-14-22-11-4-3-5-12-22)30(21(2)18-25(26)31)19-23-13-6-8-16-28-23/h3-6,8,11-13,16,18,20H,7,9-10,14-15,17,19H2,1-2H3/t20-/m1/s1. The summed E-state index contributed by atoms with van der Waals surface area (Å²) in [5.74, 6) is -0.125. The van der Waals surface area contributed by atoms with Crippen molar-refractivity contribution in [2.24, 2.45) is 0 Å². The Labute approximate surface area is 189 Å². The summed E-state index contributed by atoms with van der Waals surface area (Å²) in [6, 6.07) is 17.8. The Balaban J connectivity index is 1.78. The molecule has 1 atom stereocenters. The van der Waals surface area contributed by atoms with Crippen LogP contribution < -0.4 is 5.43 Å². The molecule has 5 heteroatoms. The highest BCUT2D eigenvalue weighted by Crippen LogP contribution is 2.22. The SMILES string of the molecule is Cc1cc(=O)c(C(=O)N2CCCC[C@H]2C)c(CCc2ccccc2)n1Cc1ccccn1. The molecule has 3 heterocycles. The van der Waals surface area contributed by atoms with Gasteiger partial charge in [-0.15, -0.1) is 0 Å². The molecular formula is C27H31N3O2. The third kappa shape index (κ3) is 4.82. The van der Waals surface area contributed by atoms with Gasteiger partial charge in [-0.1, -0.05) is 36.4 Å². The van der Waals surface area contributed by atoms with Gasteiger partial charge < -0.3 is 9.47 Å². The van der Waals surface area contributed by atoms with E-state index in [0.29, 0.717) is 25.1 Å². The number of likely N-dealkylation sites (tertiary alicyclic amines) is 1. The second-order valence-corrected chi connectivity index (χ2v) is 8.71. The van der Waals surface area contributed by atoms with Crippen molar-refractivity contribution in [1.29, 1.82) is 0 Å². The number of hydrogen-bond donors (Lipinski definition) is 0. The lowest BCUT2D eigenvalue weighted by Gasteiger charge is -2.34. The van der Waals surface area contributed by atoms with Gasteiger partial charge in [0.1, 0.15) is 5.56 Å². The number of aromatic nitrogens is 2. The fourth-order valence-corrected chi connectivity index (χ4v) is 4.64. The topological polar surface area (TPSA) is 55.2 Å². The zero-order chi connectivity index (χ0) is 22.5. The van der Waals surface area contributed by atoms with Crippen LogP contribution in [0.2, 0.25) is 0 Å². The molecule has 166 valence electrons. The Kier molecular flexibility index (Phi) is 6.84. The number of benzene rings is 1. The summed E-state index contributed by atoms with van der Waals surface area (Å²) >= 11 is 0. The predicted octanol–water partition coefficient (Wildman–Crippen LogP) is 4.40. The molecule has 0 radical (unpaired) electrons. The second-order valence-electron chi connectivity index (χ2n) is 8.71. The van der Waals surface area contributed by atoms with Crippen LogP contribution >= 0.6 is 0 Å². The number of pyridine rings is 2. The average molecular weight is 430 g/mol. The molecule has 0 spiro atoms. The van der Waals surface area contributed by atoms with E-state index in [1.165, 1.54) is 5.56 Å². The summed E-state index contributed by atoms with van der Waals surface area (Å²) in [6.45, 7) is 5.27. The van der Waals surface area contributed by atoms with Crippen molar-refractivity contribution < 1.29 is 4.79 Å². The molecule has 1 aliphatic rings. The largest absolute Gasteiger partial charge is 0.342 e. The number of rotatable bonds is 6. The van der Waals surface area contributed by atoms with Crippen LogP contribution in [-0.2, 0) is 19.4 Å². The molecule has 0 unspecified atom stereocenters. The van der Waals surface area contributed by atoms with Crippen LogP contribution in [-0.4, -0.2) is 32.9 Å². The maximum atomic E-state index is 13.7. The van der Waals surface area contributed by atoms with Gasteiger partial charge in [0, 0.05) is 36.2 Å². The summed E-state index contributed by atoms with van der Waals surface area (Å²) in [6.07, 6.45) is 6.27. The monoisotopic (exact) mass is 429 g/mol. The van der Waals surface area contributed by atoms with Crippen LogP contribution in [0.1, 0.15) is 59.2 Å². The molecule has 5 nitrogen and oxygen atoms in total. The lowest BCUT2D eigenvalue weighted by molar-refractivity contribution is 0.0632. The molecule has 1 saturated heterocycles. The van der Waals surface area contributed by atoms with Crippen molar-refractivity contribution in [2.45, 2.75) is 58.5 Å². The van der Waals surface area contributed by atoms with Gasteiger partial charge in [-0.2, -0.15) is 0 Å². The first kappa shape index (κ1) is 22.0. The van der Waals surface area contributed by atoms with Crippen molar-refractivity contribution in [3.8, 4) is 0 Å². The quantitative estimate of drug-likeness (QED) is 0.584. The van der Waals surface area contributed by atoms with Crippen molar-refractivity contribution >= 4 is 5.91 Å². The zero-order valence-electron chi connectivity index (χ0n) is 19.0. The molecule has 3 aromatic rings. The van der Waals surface area contributed by atoms with Crippen molar-refractivity contribution in [3.05, 3.63) is 99.2 Å². The average Bonchev–Trinajstić information content (AvgIpc) is 2.81. The summed E-state index contributed by atoms with van der Waals surface area (Å²) in [5.41, 5.74) is 3.92. The zero-order valence-corrected chi connectivity index (χ0v) is 19.0. The fourth-order valence-electron chi connectivity index (χ4n) is 4.64. The second kappa shape index (κ2) is 9.94. The maximum Gasteiger partial charge on any atom is 0.259 e. The van der Waals surface area contributed by atoms with E-state index in [9.17, 15) is 9.59 Å². The Hall–Kier alpha value is -3.21. The number of amides is 1. The molecular weight excluding hydrogens is 398 g/mol. The first-order valence-corrected chi connectivity index (χ1v) is 11.5. The van der Waals surface area contributed by atoms with Gasteiger partial charge in [-0.3, -0.25) is 14.6 Å². The number of piperidine rings is 1. The van der Waals surface area contributed by atoms with E-state index in [1.807, 2.05) is 48.2 Å². The van der Waals surface area contributed by atoms with Gasteiger partial charge in [0.15, 0.2) is 5.43 Å². The van der Waals surface area contributed by atoms with E-state index in [0.717, 1.165) is 42.8 Å². The van der Waals surface area contributed by atoms with Crippen molar-refractivity contribution in [3.63, 3.8) is 0 Å². The Morgan fingerprint density at radius 1 is 1.06 bits per heavy atom. The van der Waals surface area contributed by atoms with Gasteiger partial charge in [-0.05, 0) is 63.6 Å². The van der Waals surface area contributed by atoms with E-state index in [1.54, 1.807) is 12.3 Å². The van der Waals surface area contributed by atoms with Crippen LogP contribution in [0.25, 0.3) is 0 Å². The first-order chi connectivity index (χ1) is 15.5. The normalized spacial score (nSPS) is 16.2. The highest BCUT2D eigenvalue weighted by atomic mass is 16.2. The number of hydrogen-bond acceptors (Lipinski definition) is 3. The number of aryl methyl sites for hydroxylation is 2. The van der Waals surface area contributed by atoms with Gasteiger partial charge in [0.05, 0.1) is 12.2 Å². The summed E-state index contributed by atoms with van der Waals surface area (Å²) in [4.78, 5) is 33.2. The third-order valence-electron chi connectivity index (χ3n) is 6.44. The smallest absolute Gasteiger partial charge is 0.259 e. The highest BCUT2D eigenvalue weighted by molar-refractivity contribution is 5.95. The lowest BCUT2D eigenvalue weighted by atomic mass is 9.98. The maximum absolute atomic E-state index is 13.7. The van der Waals surface area contributed by atoms with Crippen molar-refractivity contribution in [1.82, 2.24) is 14.5 Å². The molecule has 0 saturated carbocycles. The Bertz CT molecular complexity index is 1120. The molecule has 1 amide bonds. The van der Waals surface area contributed by atoms with E-state index in [2.05, 4.69) is 28.6 Å². The molecule has 2 aromatic heterocycles. The predicted molar refractivity (Wildman–Crippen MR) is 127 cm³/mol. The minimum absolute atomic E-state index is 0.125. The van der Waals surface area contributed by atoms with E-state index < -0.39 is 0 Å². The summed E-state index contributed by atoms with van der Waals surface area (Å²) in [7, 11) is 0. The van der Waals surface area contributed by atoms with E-state index in [-0.39, 0.29) is 17.4 Å². The molecule has 0 N–H and O–H groups in total. The summed E-state index contributed by atoms with van der Waals surface area (Å²) < 4.78 is 2.11.